The highest BCUT2D eigenvalue weighted by Crippen LogP contribution is 2.43. The molecular weight excluding hydrogens is 308 g/mol. The molecule has 6 heteroatoms. The monoisotopic (exact) mass is 320 g/mol. The number of aliphatic hydroxyl groups excluding tert-OH is 1. The van der Waals surface area contributed by atoms with Crippen molar-refractivity contribution < 1.29 is 19.5 Å². The van der Waals surface area contributed by atoms with Crippen molar-refractivity contribution in [3.63, 3.8) is 0 Å². The number of para-hydroxylation sites is 1. The lowest BCUT2D eigenvalue weighted by Gasteiger charge is -2.28. The number of Topliss-reactive ketones (excluding diaryl/α,β-unsaturated/α-hetero) is 2. The maximum absolute atomic E-state index is 12.6. The first kappa shape index (κ1) is 14.3. The first-order chi connectivity index (χ1) is 11.5. The smallest absolute Gasteiger partial charge is 0.254 e. The lowest BCUT2D eigenvalue weighted by Crippen LogP contribution is -2.50. The molecule has 1 atom stereocenters. The maximum Gasteiger partial charge on any atom is 0.254 e. The number of ketones is 2. The van der Waals surface area contributed by atoms with E-state index in [9.17, 15) is 19.5 Å². The average molecular weight is 320 g/mol. The minimum Gasteiger partial charge on any atom is -0.507 e. The summed E-state index contributed by atoms with van der Waals surface area (Å²) in [6.45, 7) is 0. The molecule has 1 heterocycles. The number of nitrogens with one attached hydrogen (secondary N) is 1. The van der Waals surface area contributed by atoms with Gasteiger partial charge in [-0.2, -0.15) is 0 Å². The molecule has 2 aromatic rings. The zero-order chi connectivity index (χ0) is 17.1. The van der Waals surface area contributed by atoms with Crippen molar-refractivity contribution in [2.45, 2.75) is 5.54 Å². The van der Waals surface area contributed by atoms with Crippen LogP contribution in [0.3, 0.4) is 0 Å². The molecule has 0 bridgehead atoms. The van der Waals surface area contributed by atoms with E-state index in [-0.39, 0.29) is 11.1 Å². The summed E-state index contributed by atoms with van der Waals surface area (Å²) < 4.78 is 0. The van der Waals surface area contributed by atoms with Gasteiger partial charge in [-0.15, -0.1) is 0 Å². The Hall–Kier alpha value is -3.25. The Kier molecular flexibility index (Phi) is 2.76. The Morgan fingerprint density at radius 1 is 0.875 bits per heavy atom. The summed E-state index contributed by atoms with van der Waals surface area (Å²) in [6, 6.07) is 12.8. The van der Waals surface area contributed by atoms with E-state index >= 15 is 0 Å². The Balaban J connectivity index is 2.04. The van der Waals surface area contributed by atoms with Crippen molar-refractivity contribution in [3.8, 4) is 0 Å². The molecule has 0 radical (unpaired) electrons. The summed E-state index contributed by atoms with van der Waals surface area (Å²) in [5, 5.41) is 13.2. The van der Waals surface area contributed by atoms with Crippen LogP contribution in [0.1, 0.15) is 21.5 Å². The number of amides is 1. The summed E-state index contributed by atoms with van der Waals surface area (Å²) in [4.78, 5) is 37.5. The SMILES string of the molecule is NC1(C2=C(O)c3ccccc3C(=O)C2=O)C(=O)Nc2ccccc21. The Bertz CT molecular complexity index is 976. The fraction of sp³-hybridized carbons (Fsp3) is 0.0556. The minimum atomic E-state index is -1.92. The number of nitrogens with two attached hydrogens (primary N) is 1. The number of carbonyl (C=O) groups is 3. The lowest BCUT2D eigenvalue weighted by molar-refractivity contribution is -0.121. The van der Waals surface area contributed by atoms with E-state index in [2.05, 4.69) is 5.32 Å². The van der Waals surface area contributed by atoms with E-state index in [0.717, 1.165) is 0 Å². The van der Waals surface area contributed by atoms with Crippen LogP contribution in [-0.2, 0) is 15.1 Å². The van der Waals surface area contributed by atoms with Crippen LogP contribution in [0, 0.1) is 0 Å². The molecule has 4 rings (SSSR count). The van der Waals surface area contributed by atoms with Gasteiger partial charge in [0.05, 0.1) is 5.57 Å². The Morgan fingerprint density at radius 2 is 1.50 bits per heavy atom. The van der Waals surface area contributed by atoms with Gasteiger partial charge in [-0.1, -0.05) is 42.5 Å². The van der Waals surface area contributed by atoms with Crippen LogP contribution >= 0.6 is 0 Å². The first-order valence-corrected chi connectivity index (χ1v) is 7.28. The molecule has 6 nitrogen and oxygen atoms in total. The molecule has 0 fully saturated rings. The second-order valence-electron chi connectivity index (χ2n) is 5.74. The predicted octanol–water partition coefficient (Wildman–Crippen LogP) is 1.53. The molecule has 1 aliphatic carbocycles. The molecular formula is C18H12N2O4. The van der Waals surface area contributed by atoms with Gasteiger partial charge in [0, 0.05) is 22.4 Å². The third-order valence-corrected chi connectivity index (χ3v) is 4.45. The van der Waals surface area contributed by atoms with Crippen LogP contribution < -0.4 is 11.1 Å². The summed E-state index contributed by atoms with van der Waals surface area (Å²) in [5.41, 5.74) is 5.06. The second kappa shape index (κ2) is 4.62. The van der Waals surface area contributed by atoms with Gasteiger partial charge in [-0.05, 0) is 6.07 Å². The molecule has 0 saturated carbocycles. The van der Waals surface area contributed by atoms with Crippen molar-refractivity contribution >= 4 is 28.9 Å². The van der Waals surface area contributed by atoms with Crippen LogP contribution in [-0.4, -0.2) is 22.6 Å². The average Bonchev–Trinajstić information content (AvgIpc) is 2.85. The fourth-order valence-corrected chi connectivity index (χ4v) is 3.26. The van der Waals surface area contributed by atoms with Gasteiger partial charge < -0.3 is 16.2 Å². The summed E-state index contributed by atoms with van der Waals surface area (Å²) >= 11 is 0. The fourth-order valence-electron chi connectivity index (χ4n) is 3.26. The van der Waals surface area contributed by atoms with Crippen LogP contribution in [0.4, 0.5) is 5.69 Å². The Labute approximate surface area is 136 Å². The molecule has 118 valence electrons. The third kappa shape index (κ3) is 1.60. The van der Waals surface area contributed by atoms with Crippen molar-refractivity contribution in [1.29, 1.82) is 0 Å². The van der Waals surface area contributed by atoms with Crippen molar-refractivity contribution in [3.05, 3.63) is 70.8 Å². The van der Waals surface area contributed by atoms with E-state index in [0.29, 0.717) is 11.3 Å². The predicted molar refractivity (Wildman–Crippen MR) is 86.3 cm³/mol. The molecule has 2 aromatic carbocycles. The van der Waals surface area contributed by atoms with Gasteiger partial charge in [0.2, 0.25) is 11.6 Å². The maximum atomic E-state index is 12.6. The van der Waals surface area contributed by atoms with E-state index < -0.39 is 34.3 Å². The highest BCUT2D eigenvalue weighted by Gasteiger charge is 2.53. The number of benzene rings is 2. The van der Waals surface area contributed by atoms with Crippen molar-refractivity contribution in [2.24, 2.45) is 5.73 Å². The molecule has 0 saturated heterocycles. The summed E-state index contributed by atoms with van der Waals surface area (Å²) in [6.07, 6.45) is 0. The summed E-state index contributed by atoms with van der Waals surface area (Å²) in [7, 11) is 0. The zero-order valence-electron chi connectivity index (χ0n) is 12.4. The van der Waals surface area contributed by atoms with E-state index in [1.807, 2.05) is 0 Å². The van der Waals surface area contributed by atoms with E-state index in [1.165, 1.54) is 12.1 Å². The topological polar surface area (TPSA) is 109 Å². The number of fused-ring (bicyclic) bond motifs is 2. The molecule has 24 heavy (non-hydrogen) atoms. The van der Waals surface area contributed by atoms with Crippen molar-refractivity contribution in [1.82, 2.24) is 0 Å². The van der Waals surface area contributed by atoms with Gasteiger partial charge in [-0.25, -0.2) is 0 Å². The lowest BCUT2D eigenvalue weighted by atomic mass is 9.75. The minimum absolute atomic E-state index is 0.0963. The van der Waals surface area contributed by atoms with Gasteiger partial charge >= 0.3 is 0 Å². The molecule has 0 aromatic heterocycles. The normalized spacial score (nSPS) is 22.3. The standard InChI is InChI=1S/C18H12N2O4/c19-18(11-7-3-4-8-12(11)20-17(18)24)13-14(21)9-5-1-2-6-10(9)15(22)16(13)23/h1-8,21H,19H2,(H,20,24). The highest BCUT2D eigenvalue weighted by atomic mass is 16.3. The van der Waals surface area contributed by atoms with Gasteiger partial charge in [0.1, 0.15) is 5.76 Å². The molecule has 1 amide bonds. The van der Waals surface area contributed by atoms with Gasteiger partial charge in [-0.3, -0.25) is 14.4 Å². The number of carbonyl (C=O) groups excluding carboxylic acids is 3. The quantitative estimate of drug-likeness (QED) is 0.690. The molecule has 1 unspecified atom stereocenters. The molecule has 4 N–H and O–H groups in total. The summed E-state index contributed by atoms with van der Waals surface area (Å²) in [5.74, 6) is -2.86. The molecule has 0 spiro atoms. The van der Waals surface area contributed by atoms with Gasteiger partial charge in [0.25, 0.3) is 5.91 Å². The largest absolute Gasteiger partial charge is 0.507 e. The van der Waals surface area contributed by atoms with Crippen molar-refractivity contribution in [2.75, 3.05) is 5.32 Å². The second-order valence-corrected chi connectivity index (χ2v) is 5.74. The Morgan fingerprint density at radius 3 is 2.25 bits per heavy atom. The number of aliphatic hydroxyl groups is 1. The number of hydrogen-bond acceptors (Lipinski definition) is 5. The third-order valence-electron chi connectivity index (χ3n) is 4.45. The van der Waals surface area contributed by atoms with Crippen LogP contribution in [0.25, 0.3) is 5.76 Å². The highest BCUT2D eigenvalue weighted by molar-refractivity contribution is 6.53. The van der Waals surface area contributed by atoms with E-state index in [4.69, 9.17) is 5.73 Å². The first-order valence-electron chi connectivity index (χ1n) is 7.28. The number of anilines is 1. The van der Waals surface area contributed by atoms with E-state index in [1.54, 1.807) is 36.4 Å². The van der Waals surface area contributed by atoms with Gasteiger partial charge in [0.15, 0.2) is 5.54 Å². The van der Waals surface area contributed by atoms with Crippen LogP contribution in [0.5, 0.6) is 0 Å². The number of rotatable bonds is 1. The zero-order valence-corrected chi connectivity index (χ0v) is 12.4. The number of hydrogen-bond donors (Lipinski definition) is 3. The molecule has 1 aliphatic heterocycles. The van der Waals surface area contributed by atoms with Crippen LogP contribution in [0.15, 0.2) is 54.1 Å². The molecule has 2 aliphatic rings. The van der Waals surface area contributed by atoms with Crippen LogP contribution in [0.2, 0.25) is 0 Å².